The minimum atomic E-state index is -3.92. The van der Waals surface area contributed by atoms with Crippen molar-refractivity contribution in [1.82, 2.24) is 44.9 Å². The molecule has 0 spiro atoms. The first kappa shape index (κ1) is 30.0. The van der Waals surface area contributed by atoms with E-state index in [2.05, 4.69) is 41.2 Å². The molecule has 0 aliphatic carbocycles. The molecule has 0 unspecified atom stereocenters. The minimum Gasteiger partial charge on any atom is -0.472 e. The first-order valence-corrected chi connectivity index (χ1v) is 15.9. The number of hydrogen-bond acceptors (Lipinski definition) is 10. The molecular formula is C30H32N10O4S. The minimum absolute atomic E-state index is 0.0343. The number of carbonyl (C=O) groups is 1. The van der Waals surface area contributed by atoms with Gasteiger partial charge < -0.3 is 4.74 Å². The highest BCUT2D eigenvalue weighted by Gasteiger charge is 2.35. The number of ether oxygens (including phenoxy) is 1. The molecule has 0 saturated carbocycles. The fourth-order valence-corrected chi connectivity index (χ4v) is 6.90. The first-order valence-electron chi connectivity index (χ1n) is 14.5. The lowest BCUT2D eigenvalue weighted by atomic mass is 9.91. The van der Waals surface area contributed by atoms with Gasteiger partial charge in [0, 0.05) is 25.4 Å². The topological polar surface area (TPSA) is 174 Å². The van der Waals surface area contributed by atoms with E-state index in [4.69, 9.17) is 4.74 Å². The zero-order chi connectivity index (χ0) is 31.7. The average molecular weight is 629 g/mol. The van der Waals surface area contributed by atoms with E-state index in [1.54, 1.807) is 6.07 Å². The zero-order valence-electron chi connectivity index (χ0n) is 25.2. The van der Waals surface area contributed by atoms with Gasteiger partial charge in [0.05, 0.1) is 12.1 Å². The molecule has 45 heavy (non-hydrogen) atoms. The number of amides is 1. The monoisotopic (exact) mass is 628 g/mol. The molecule has 1 aliphatic heterocycles. The quantitative estimate of drug-likeness (QED) is 0.242. The molecule has 4 heterocycles. The number of nitrogens with zero attached hydrogens (tertiary/aromatic N) is 8. The Bertz CT molecular complexity index is 2020. The third kappa shape index (κ3) is 5.79. The van der Waals surface area contributed by atoms with Gasteiger partial charge in [0.1, 0.15) is 16.5 Å². The van der Waals surface area contributed by atoms with E-state index >= 15 is 0 Å². The van der Waals surface area contributed by atoms with Gasteiger partial charge in [0.2, 0.25) is 15.9 Å². The number of fused-ring (bicyclic) bond motifs is 2. The van der Waals surface area contributed by atoms with Crippen LogP contribution in [0.4, 0.5) is 5.95 Å². The summed E-state index contributed by atoms with van der Waals surface area (Å²) in [6.45, 7) is 8.73. The van der Waals surface area contributed by atoms with Crippen LogP contribution in [0.5, 0.6) is 5.88 Å². The molecular weight excluding hydrogens is 596 g/mol. The van der Waals surface area contributed by atoms with Crippen LogP contribution in [-0.4, -0.2) is 71.9 Å². The van der Waals surface area contributed by atoms with Gasteiger partial charge in [-0.1, -0.05) is 35.4 Å². The van der Waals surface area contributed by atoms with Crippen molar-refractivity contribution < 1.29 is 17.9 Å². The molecule has 14 nitrogen and oxygen atoms in total. The second-order valence-electron chi connectivity index (χ2n) is 10.7. The predicted octanol–water partition coefficient (Wildman–Crippen LogP) is 3.41. The number of pyridine rings is 1. The van der Waals surface area contributed by atoms with Crippen LogP contribution in [0.1, 0.15) is 48.1 Å². The van der Waals surface area contributed by atoms with Gasteiger partial charge in [-0.15, -0.1) is 10.2 Å². The number of nitrogens with one attached hydrogen (secondary N) is 2. The Hall–Kier alpha value is -5.02. The second kappa shape index (κ2) is 12.2. The van der Waals surface area contributed by atoms with Crippen molar-refractivity contribution >= 4 is 38.5 Å². The number of H-pyrrole nitrogens is 1. The van der Waals surface area contributed by atoms with E-state index in [-0.39, 0.29) is 35.9 Å². The summed E-state index contributed by atoms with van der Waals surface area (Å²) >= 11 is 0. The van der Waals surface area contributed by atoms with Crippen LogP contribution in [0.3, 0.4) is 0 Å². The van der Waals surface area contributed by atoms with Crippen LogP contribution >= 0.6 is 0 Å². The Morgan fingerprint density at radius 2 is 2.00 bits per heavy atom. The standard InChI is InChI=1S/C30H32N10O4S/c1-5-22-17-39(45(42,43)26-8-7-13-31-29(26)44-22)16-21-14-20(10-9-18(21)3)24(15-27(41)32-30-34-36-37-35-30)23-11-12-25-28(19(23)4)33-38-40(25)6-2/h7-15,22H,5-6,16-17H2,1-4H3,(H2,32,34,35,36,37,41)/b24-15-/t22-/m1/s1. The van der Waals surface area contributed by atoms with Gasteiger partial charge in [0.25, 0.3) is 11.9 Å². The highest BCUT2D eigenvalue weighted by molar-refractivity contribution is 7.89. The summed E-state index contributed by atoms with van der Waals surface area (Å²) < 4.78 is 36.9. The molecule has 5 aromatic rings. The van der Waals surface area contributed by atoms with E-state index in [1.807, 2.05) is 62.7 Å². The fraction of sp³-hybridized carbons (Fsp3) is 0.300. The molecule has 0 fully saturated rings. The van der Waals surface area contributed by atoms with Crippen LogP contribution in [0.25, 0.3) is 16.6 Å². The van der Waals surface area contributed by atoms with Crippen LogP contribution in [0.15, 0.2) is 59.6 Å². The Labute approximate surface area is 259 Å². The van der Waals surface area contributed by atoms with Crippen molar-refractivity contribution in [2.75, 3.05) is 11.9 Å². The molecule has 15 heteroatoms. The molecule has 0 saturated heterocycles. The average Bonchev–Trinajstić information content (AvgIpc) is 3.68. The summed E-state index contributed by atoms with van der Waals surface area (Å²) in [5.74, 6) is -0.319. The van der Waals surface area contributed by atoms with E-state index in [0.717, 1.165) is 33.3 Å². The molecule has 0 bridgehead atoms. The van der Waals surface area contributed by atoms with Crippen molar-refractivity contribution in [1.29, 1.82) is 0 Å². The third-order valence-corrected chi connectivity index (χ3v) is 9.71. The van der Waals surface area contributed by atoms with Crippen molar-refractivity contribution in [3.05, 3.63) is 82.6 Å². The largest absolute Gasteiger partial charge is 0.472 e. The number of carbonyl (C=O) groups excluding carboxylic acids is 1. The number of aromatic nitrogens is 8. The summed E-state index contributed by atoms with van der Waals surface area (Å²) in [7, 11) is -3.92. The number of sulfonamides is 1. The van der Waals surface area contributed by atoms with Crippen LogP contribution in [0, 0.1) is 13.8 Å². The molecule has 232 valence electrons. The SMILES string of the molecule is CC[C@@H]1CN(Cc2cc(/C(=C/C(=O)Nc3nn[nH]n3)c3ccc4c(nnn4CC)c3C)ccc2C)S(=O)(=O)c2cccnc2O1. The highest BCUT2D eigenvalue weighted by Crippen LogP contribution is 2.34. The lowest BCUT2D eigenvalue weighted by Crippen LogP contribution is -2.36. The molecule has 2 N–H and O–H groups in total. The zero-order valence-corrected chi connectivity index (χ0v) is 26.0. The molecule has 1 atom stereocenters. The maximum absolute atomic E-state index is 13.8. The molecule has 2 aromatic carbocycles. The van der Waals surface area contributed by atoms with Crippen LogP contribution in [-0.2, 0) is 27.9 Å². The van der Waals surface area contributed by atoms with Crippen molar-refractivity contribution in [3.8, 4) is 5.88 Å². The van der Waals surface area contributed by atoms with Gasteiger partial charge in [-0.2, -0.15) is 9.52 Å². The number of benzene rings is 2. The Balaban J connectivity index is 1.44. The van der Waals surface area contributed by atoms with Crippen molar-refractivity contribution in [2.45, 2.75) is 58.2 Å². The number of aromatic amines is 1. The predicted molar refractivity (Wildman–Crippen MR) is 166 cm³/mol. The smallest absolute Gasteiger partial charge is 0.270 e. The van der Waals surface area contributed by atoms with Gasteiger partial charge in [-0.05, 0) is 90.1 Å². The first-order chi connectivity index (χ1) is 21.7. The summed E-state index contributed by atoms with van der Waals surface area (Å²) in [5, 5.41) is 24.7. The van der Waals surface area contributed by atoms with Crippen LogP contribution < -0.4 is 10.1 Å². The number of aryl methyl sites for hydroxylation is 3. The van der Waals surface area contributed by atoms with Crippen molar-refractivity contribution in [3.63, 3.8) is 0 Å². The maximum atomic E-state index is 13.8. The fourth-order valence-electron chi connectivity index (χ4n) is 5.38. The van der Waals surface area contributed by atoms with Gasteiger partial charge >= 0.3 is 0 Å². The van der Waals surface area contributed by atoms with Crippen molar-refractivity contribution in [2.24, 2.45) is 0 Å². The van der Waals surface area contributed by atoms with E-state index in [1.165, 1.54) is 22.6 Å². The van der Waals surface area contributed by atoms with Gasteiger partial charge in [-0.3, -0.25) is 10.1 Å². The Morgan fingerprint density at radius 1 is 1.16 bits per heavy atom. The van der Waals surface area contributed by atoms with E-state index in [9.17, 15) is 13.2 Å². The summed E-state index contributed by atoms with van der Waals surface area (Å²) in [6.07, 6.45) is 3.23. The number of tetrazole rings is 1. The van der Waals surface area contributed by atoms with Gasteiger partial charge in [-0.25, -0.2) is 18.1 Å². The molecule has 1 aliphatic rings. The highest BCUT2D eigenvalue weighted by atomic mass is 32.2. The van der Waals surface area contributed by atoms with E-state index < -0.39 is 15.9 Å². The lowest BCUT2D eigenvalue weighted by molar-refractivity contribution is -0.111. The second-order valence-corrected chi connectivity index (χ2v) is 12.6. The Kier molecular flexibility index (Phi) is 8.12. The molecule has 1 amide bonds. The summed E-state index contributed by atoms with van der Waals surface area (Å²) in [4.78, 5) is 17.5. The Morgan fingerprint density at radius 3 is 2.76 bits per heavy atom. The number of anilines is 1. The normalized spacial score (nSPS) is 16.6. The van der Waals surface area contributed by atoms with E-state index in [0.29, 0.717) is 24.1 Å². The molecule has 3 aromatic heterocycles. The molecule has 0 radical (unpaired) electrons. The lowest BCUT2D eigenvalue weighted by Gasteiger charge is -2.23. The number of rotatable bonds is 8. The summed E-state index contributed by atoms with van der Waals surface area (Å²) in [6, 6.07) is 12.7. The maximum Gasteiger partial charge on any atom is 0.270 e. The van der Waals surface area contributed by atoms with Crippen LogP contribution in [0.2, 0.25) is 0 Å². The number of hydrogen-bond donors (Lipinski definition) is 2. The third-order valence-electron chi connectivity index (χ3n) is 7.89. The summed E-state index contributed by atoms with van der Waals surface area (Å²) in [5.41, 5.74) is 6.20. The van der Waals surface area contributed by atoms with Gasteiger partial charge in [0.15, 0.2) is 0 Å². The molecule has 6 rings (SSSR count).